The number of nitrogens with zero attached hydrogens (tertiary/aromatic N) is 1. The fourth-order valence-corrected chi connectivity index (χ4v) is 2.67. The lowest BCUT2D eigenvalue weighted by molar-refractivity contribution is -0.481. The zero-order chi connectivity index (χ0) is 14.8. The van der Waals surface area contributed by atoms with Gasteiger partial charge >= 0.3 is 0 Å². The summed E-state index contributed by atoms with van der Waals surface area (Å²) >= 11 is 0. The van der Waals surface area contributed by atoms with Gasteiger partial charge in [-0.2, -0.15) is 0 Å². The summed E-state index contributed by atoms with van der Waals surface area (Å²) in [6, 6.07) is 17.8. The van der Waals surface area contributed by atoms with Gasteiger partial charge in [-0.05, 0) is 35.6 Å². The molecule has 1 heterocycles. The van der Waals surface area contributed by atoms with Gasteiger partial charge in [-0.1, -0.05) is 42.5 Å². The van der Waals surface area contributed by atoms with E-state index in [9.17, 15) is 10.1 Å². The van der Waals surface area contributed by atoms with E-state index >= 15 is 0 Å². The van der Waals surface area contributed by atoms with Crippen molar-refractivity contribution < 1.29 is 4.92 Å². The molecule has 4 nitrogen and oxygen atoms in total. The molecule has 0 amide bonds. The van der Waals surface area contributed by atoms with E-state index in [1.54, 1.807) is 0 Å². The summed E-state index contributed by atoms with van der Waals surface area (Å²) < 4.78 is 0. The Morgan fingerprint density at radius 3 is 2.62 bits per heavy atom. The number of aromatic nitrogens is 1. The number of rotatable bonds is 4. The van der Waals surface area contributed by atoms with E-state index in [1.165, 1.54) is 5.56 Å². The maximum absolute atomic E-state index is 11.0. The third-order valence-electron chi connectivity index (χ3n) is 3.71. The maximum Gasteiger partial charge on any atom is 0.216 e. The molecule has 0 aliphatic carbocycles. The van der Waals surface area contributed by atoms with Crippen LogP contribution >= 0.6 is 0 Å². The van der Waals surface area contributed by atoms with Gasteiger partial charge in [0.2, 0.25) is 6.54 Å². The lowest BCUT2D eigenvalue weighted by atomic mass is 9.96. The van der Waals surface area contributed by atoms with Crippen molar-refractivity contribution in [3.05, 3.63) is 81.5 Å². The van der Waals surface area contributed by atoms with Gasteiger partial charge in [-0.15, -0.1) is 0 Å². The second kappa shape index (κ2) is 5.40. The molecule has 3 rings (SSSR count). The first-order valence-electron chi connectivity index (χ1n) is 6.89. The van der Waals surface area contributed by atoms with Crippen molar-refractivity contribution in [3.63, 3.8) is 0 Å². The van der Waals surface area contributed by atoms with Crippen LogP contribution in [-0.4, -0.2) is 16.5 Å². The number of aryl methyl sites for hydroxylation is 1. The first kappa shape index (κ1) is 13.4. The molecule has 0 aliphatic heterocycles. The molecule has 1 N–H and O–H groups in total. The first-order valence-corrected chi connectivity index (χ1v) is 6.89. The highest BCUT2D eigenvalue weighted by molar-refractivity contribution is 5.81. The molecule has 3 aromatic rings. The van der Waals surface area contributed by atoms with Gasteiger partial charge in [-0.3, -0.25) is 10.1 Å². The number of hydrogen-bond donors (Lipinski definition) is 1. The molecule has 2 aromatic carbocycles. The Balaban J connectivity index is 2.07. The van der Waals surface area contributed by atoms with E-state index in [2.05, 4.69) is 11.1 Å². The minimum atomic E-state index is -0.256. The molecule has 4 heteroatoms. The van der Waals surface area contributed by atoms with Gasteiger partial charge < -0.3 is 4.98 Å². The molecule has 0 fully saturated rings. The van der Waals surface area contributed by atoms with Gasteiger partial charge in [0.25, 0.3) is 0 Å². The topological polar surface area (TPSA) is 58.9 Å². The molecule has 106 valence electrons. The Bertz CT molecular complexity index is 778. The van der Waals surface area contributed by atoms with E-state index < -0.39 is 0 Å². The van der Waals surface area contributed by atoms with Crippen molar-refractivity contribution in [1.29, 1.82) is 0 Å². The van der Waals surface area contributed by atoms with Gasteiger partial charge in [0.05, 0.1) is 5.92 Å². The zero-order valence-corrected chi connectivity index (χ0v) is 11.7. The Morgan fingerprint density at radius 2 is 1.90 bits per heavy atom. The Hall–Kier alpha value is -2.62. The zero-order valence-electron chi connectivity index (χ0n) is 11.7. The van der Waals surface area contributed by atoms with E-state index in [0.29, 0.717) is 0 Å². The average Bonchev–Trinajstić information content (AvgIpc) is 2.88. The monoisotopic (exact) mass is 280 g/mol. The average molecular weight is 280 g/mol. The number of hydrogen-bond acceptors (Lipinski definition) is 2. The van der Waals surface area contributed by atoms with Crippen molar-refractivity contribution in [2.24, 2.45) is 0 Å². The van der Waals surface area contributed by atoms with Gasteiger partial charge in [0.1, 0.15) is 0 Å². The number of aromatic amines is 1. The number of nitro groups is 1. The van der Waals surface area contributed by atoms with Crippen LogP contribution in [0.25, 0.3) is 10.9 Å². The highest BCUT2D eigenvalue weighted by atomic mass is 16.6. The van der Waals surface area contributed by atoms with E-state index in [4.69, 9.17) is 0 Å². The normalized spacial score (nSPS) is 12.4. The summed E-state index contributed by atoms with van der Waals surface area (Å²) in [5, 5.41) is 12.1. The van der Waals surface area contributed by atoms with Crippen LogP contribution in [-0.2, 0) is 0 Å². The van der Waals surface area contributed by atoms with Crippen molar-refractivity contribution in [2.45, 2.75) is 12.8 Å². The minimum Gasteiger partial charge on any atom is -0.358 e. The van der Waals surface area contributed by atoms with Crippen LogP contribution in [0.5, 0.6) is 0 Å². The number of fused-ring (bicyclic) bond motifs is 1. The van der Waals surface area contributed by atoms with Gasteiger partial charge in [0, 0.05) is 16.1 Å². The van der Waals surface area contributed by atoms with Crippen LogP contribution in [0.2, 0.25) is 0 Å². The number of nitrogens with one attached hydrogen (secondary N) is 1. The van der Waals surface area contributed by atoms with Gasteiger partial charge in [-0.25, -0.2) is 0 Å². The summed E-state index contributed by atoms with van der Waals surface area (Å²) in [5.74, 6) is -0.256. The first-order chi connectivity index (χ1) is 10.1. The van der Waals surface area contributed by atoms with E-state index in [0.717, 1.165) is 22.2 Å². The quantitative estimate of drug-likeness (QED) is 0.582. The molecule has 0 aliphatic rings. The molecule has 21 heavy (non-hydrogen) atoms. The molecule has 1 atom stereocenters. The third kappa shape index (κ3) is 2.79. The summed E-state index contributed by atoms with van der Waals surface area (Å²) in [6.45, 7) is 1.92. The van der Waals surface area contributed by atoms with Crippen LogP contribution in [0.15, 0.2) is 54.6 Å². The van der Waals surface area contributed by atoms with Crippen LogP contribution in [0, 0.1) is 17.0 Å². The van der Waals surface area contributed by atoms with Crippen LogP contribution in [0.3, 0.4) is 0 Å². The Morgan fingerprint density at radius 1 is 1.14 bits per heavy atom. The predicted molar refractivity (Wildman–Crippen MR) is 83.2 cm³/mol. The molecule has 0 radical (unpaired) electrons. The van der Waals surface area contributed by atoms with E-state index in [-0.39, 0.29) is 17.4 Å². The third-order valence-corrected chi connectivity index (χ3v) is 3.71. The molecule has 1 aromatic heterocycles. The molecular formula is C17H16N2O2. The second-order valence-corrected chi connectivity index (χ2v) is 5.29. The molecule has 0 saturated heterocycles. The fourth-order valence-electron chi connectivity index (χ4n) is 2.67. The highest BCUT2D eigenvalue weighted by Crippen LogP contribution is 2.27. The summed E-state index contributed by atoms with van der Waals surface area (Å²) in [6.07, 6.45) is 0. The summed E-state index contributed by atoms with van der Waals surface area (Å²) in [5.41, 5.74) is 4.03. The smallest absolute Gasteiger partial charge is 0.216 e. The van der Waals surface area contributed by atoms with Crippen molar-refractivity contribution >= 4 is 10.9 Å². The van der Waals surface area contributed by atoms with Gasteiger partial charge in [0.15, 0.2) is 0 Å². The fraction of sp³-hybridized carbons (Fsp3) is 0.176. The van der Waals surface area contributed by atoms with Crippen LogP contribution in [0.1, 0.15) is 22.7 Å². The van der Waals surface area contributed by atoms with E-state index in [1.807, 2.05) is 55.5 Å². The lowest BCUT2D eigenvalue weighted by Gasteiger charge is -2.11. The molecule has 0 bridgehead atoms. The largest absolute Gasteiger partial charge is 0.358 e. The molecular weight excluding hydrogens is 264 g/mol. The maximum atomic E-state index is 11.0. The molecule has 0 saturated carbocycles. The minimum absolute atomic E-state index is 0.115. The van der Waals surface area contributed by atoms with Crippen LogP contribution < -0.4 is 0 Å². The van der Waals surface area contributed by atoms with Crippen molar-refractivity contribution in [2.75, 3.05) is 6.54 Å². The van der Waals surface area contributed by atoms with Crippen molar-refractivity contribution in [1.82, 2.24) is 4.98 Å². The Labute approximate surface area is 122 Å². The van der Waals surface area contributed by atoms with Crippen LogP contribution in [0.4, 0.5) is 0 Å². The molecule has 0 spiro atoms. The highest BCUT2D eigenvalue weighted by Gasteiger charge is 2.21. The number of H-pyrrole nitrogens is 1. The second-order valence-electron chi connectivity index (χ2n) is 5.29. The SMILES string of the molecule is Cc1ccc2cc([C@H](C[N+](=O)[O-])c3ccccc3)[nH]c2c1. The lowest BCUT2D eigenvalue weighted by Crippen LogP contribution is -2.14. The van der Waals surface area contributed by atoms with Crippen molar-refractivity contribution in [3.8, 4) is 0 Å². The number of benzene rings is 2. The summed E-state index contributed by atoms with van der Waals surface area (Å²) in [7, 11) is 0. The summed E-state index contributed by atoms with van der Waals surface area (Å²) in [4.78, 5) is 14.1. The standard InChI is InChI=1S/C17H16N2O2/c1-12-7-8-14-10-17(18-16(14)9-12)15(11-19(20)21)13-5-3-2-4-6-13/h2-10,15,18H,11H2,1H3/t15-/m1/s1. The molecule has 0 unspecified atom stereocenters. The Kier molecular flexibility index (Phi) is 3.44. The predicted octanol–water partition coefficient (Wildman–Crippen LogP) is 3.88.